The molecule has 0 amide bonds. The molecule has 0 bridgehead atoms. The molecule has 0 radical (unpaired) electrons. The van der Waals surface area contributed by atoms with E-state index in [0.717, 1.165) is 30.5 Å². The van der Waals surface area contributed by atoms with E-state index in [4.69, 9.17) is 5.73 Å². The minimum atomic E-state index is -4.28. The lowest BCUT2D eigenvalue weighted by atomic mass is 9.57. The van der Waals surface area contributed by atoms with Crippen LogP contribution < -0.4 is 5.73 Å². The number of hydrogen-bond donors (Lipinski definition) is 1. The summed E-state index contributed by atoms with van der Waals surface area (Å²) < 4.78 is 37.2. The normalized spacial score (nSPS) is 22.0. The van der Waals surface area contributed by atoms with E-state index in [1.165, 1.54) is 12.1 Å². The van der Waals surface area contributed by atoms with Crippen LogP contribution in [-0.2, 0) is 11.7 Å². The van der Waals surface area contributed by atoms with Crippen LogP contribution in [-0.4, -0.2) is 0 Å². The van der Waals surface area contributed by atoms with E-state index in [1.807, 2.05) is 0 Å². The Labute approximate surface area is 98.8 Å². The second-order valence-electron chi connectivity index (χ2n) is 5.75. The van der Waals surface area contributed by atoms with Gasteiger partial charge in [0.2, 0.25) is 0 Å². The van der Waals surface area contributed by atoms with Crippen molar-refractivity contribution in [3.8, 4) is 0 Å². The molecular formula is C13H16F3N. The minimum Gasteiger partial charge on any atom is -0.321 e. The fourth-order valence-electron chi connectivity index (χ4n) is 2.85. The molecule has 1 aliphatic carbocycles. The highest BCUT2D eigenvalue weighted by Crippen LogP contribution is 2.52. The number of rotatable bonds is 1. The van der Waals surface area contributed by atoms with Crippen molar-refractivity contribution in [3.05, 3.63) is 35.4 Å². The van der Waals surface area contributed by atoms with Crippen LogP contribution in [0.3, 0.4) is 0 Å². The molecule has 1 aliphatic rings. The first-order valence-corrected chi connectivity index (χ1v) is 5.59. The smallest absolute Gasteiger partial charge is 0.321 e. The number of benzene rings is 1. The largest absolute Gasteiger partial charge is 0.416 e. The van der Waals surface area contributed by atoms with Crippen LogP contribution in [0.25, 0.3) is 0 Å². The second-order valence-corrected chi connectivity index (χ2v) is 5.75. The van der Waals surface area contributed by atoms with Crippen molar-refractivity contribution >= 4 is 0 Å². The Morgan fingerprint density at radius 3 is 1.88 bits per heavy atom. The Morgan fingerprint density at radius 1 is 1.06 bits per heavy atom. The number of halogens is 3. The molecule has 0 aliphatic heterocycles. The van der Waals surface area contributed by atoms with Gasteiger partial charge in [-0.3, -0.25) is 0 Å². The van der Waals surface area contributed by atoms with E-state index in [0.29, 0.717) is 0 Å². The average Bonchev–Trinajstić information content (AvgIpc) is 2.13. The summed E-state index contributed by atoms with van der Waals surface area (Å²) in [5.74, 6) is 0. The average molecular weight is 243 g/mol. The molecule has 1 fully saturated rings. The third kappa shape index (κ3) is 2.32. The van der Waals surface area contributed by atoms with Crippen molar-refractivity contribution in [1.82, 2.24) is 0 Å². The molecular weight excluding hydrogens is 227 g/mol. The molecule has 0 spiro atoms. The van der Waals surface area contributed by atoms with Gasteiger partial charge in [0.15, 0.2) is 0 Å². The van der Waals surface area contributed by atoms with Crippen LogP contribution in [0, 0.1) is 5.41 Å². The maximum atomic E-state index is 12.4. The summed E-state index contributed by atoms with van der Waals surface area (Å²) in [5.41, 5.74) is 6.09. The quantitative estimate of drug-likeness (QED) is 0.800. The number of alkyl halides is 3. The summed E-state index contributed by atoms with van der Waals surface area (Å²) >= 11 is 0. The summed E-state index contributed by atoms with van der Waals surface area (Å²) in [4.78, 5) is 0. The summed E-state index contributed by atoms with van der Waals surface area (Å²) in [6, 6.07) is 5.21. The van der Waals surface area contributed by atoms with Crippen molar-refractivity contribution in [2.24, 2.45) is 11.1 Å². The summed E-state index contributed by atoms with van der Waals surface area (Å²) in [6.45, 7) is 4.23. The lowest BCUT2D eigenvalue weighted by molar-refractivity contribution is -0.137. The van der Waals surface area contributed by atoms with Crippen LogP contribution in [0.4, 0.5) is 13.2 Å². The fourth-order valence-corrected chi connectivity index (χ4v) is 2.85. The predicted octanol–water partition coefficient (Wildman–Crippen LogP) is 3.68. The monoisotopic (exact) mass is 243 g/mol. The number of hydrogen-bond acceptors (Lipinski definition) is 1. The predicted molar refractivity (Wildman–Crippen MR) is 60.3 cm³/mol. The fraction of sp³-hybridized carbons (Fsp3) is 0.538. The molecule has 0 saturated heterocycles. The van der Waals surface area contributed by atoms with Gasteiger partial charge in [-0.05, 0) is 36.0 Å². The van der Waals surface area contributed by atoms with E-state index in [2.05, 4.69) is 13.8 Å². The van der Waals surface area contributed by atoms with Gasteiger partial charge in [-0.15, -0.1) is 0 Å². The molecule has 17 heavy (non-hydrogen) atoms. The van der Waals surface area contributed by atoms with Gasteiger partial charge >= 0.3 is 6.18 Å². The summed E-state index contributed by atoms with van der Waals surface area (Å²) in [5, 5.41) is 0. The lowest BCUT2D eigenvalue weighted by Gasteiger charge is -2.51. The SMILES string of the molecule is CC1(C)CC(N)(c2ccc(C(F)(F)F)cc2)C1. The van der Waals surface area contributed by atoms with Gasteiger partial charge in [-0.1, -0.05) is 26.0 Å². The minimum absolute atomic E-state index is 0.192. The van der Waals surface area contributed by atoms with Gasteiger partial charge in [0.1, 0.15) is 0 Å². The maximum Gasteiger partial charge on any atom is 0.416 e. The molecule has 4 heteroatoms. The summed E-state index contributed by atoms with van der Waals surface area (Å²) in [7, 11) is 0. The van der Waals surface area contributed by atoms with Crippen LogP contribution in [0.1, 0.15) is 37.8 Å². The van der Waals surface area contributed by atoms with Gasteiger partial charge in [0.25, 0.3) is 0 Å². The van der Waals surface area contributed by atoms with Crippen molar-refractivity contribution in [1.29, 1.82) is 0 Å². The topological polar surface area (TPSA) is 26.0 Å². The Hall–Kier alpha value is -1.03. The summed E-state index contributed by atoms with van der Waals surface area (Å²) in [6.07, 6.45) is -2.66. The molecule has 1 aromatic rings. The first-order valence-electron chi connectivity index (χ1n) is 5.59. The Balaban J connectivity index is 2.20. The van der Waals surface area contributed by atoms with Gasteiger partial charge in [-0.2, -0.15) is 13.2 Å². The zero-order valence-corrected chi connectivity index (χ0v) is 9.93. The Kier molecular flexibility index (Phi) is 2.54. The van der Waals surface area contributed by atoms with Crippen LogP contribution in [0.2, 0.25) is 0 Å². The second kappa shape index (κ2) is 3.48. The molecule has 2 N–H and O–H groups in total. The van der Waals surface area contributed by atoms with Crippen molar-refractivity contribution in [3.63, 3.8) is 0 Å². The highest BCUT2D eigenvalue weighted by atomic mass is 19.4. The van der Waals surface area contributed by atoms with Crippen molar-refractivity contribution in [2.45, 2.75) is 38.4 Å². The number of nitrogens with two attached hydrogens (primary N) is 1. The van der Waals surface area contributed by atoms with Gasteiger partial charge in [0.05, 0.1) is 5.56 Å². The molecule has 1 aromatic carbocycles. The molecule has 0 unspecified atom stereocenters. The maximum absolute atomic E-state index is 12.4. The van der Waals surface area contributed by atoms with Crippen molar-refractivity contribution < 1.29 is 13.2 Å². The highest BCUT2D eigenvalue weighted by molar-refractivity contribution is 5.32. The third-order valence-corrected chi connectivity index (χ3v) is 3.38. The van der Waals surface area contributed by atoms with E-state index < -0.39 is 17.3 Å². The molecule has 0 atom stereocenters. The van der Waals surface area contributed by atoms with Crippen LogP contribution in [0.15, 0.2) is 24.3 Å². The molecule has 2 rings (SSSR count). The lowest BCUT2D eigenvalue weighted by Crippen LogP contribution is -2.53. The Morgan fingerprint density at radius 2 is 1.53 bits per heavy atom. The molecule has 94 valence electrons. The Bertz CT molecular complexity index is 409. The van der Waals surface area contributed by atoms with Crippen LogP contribution in [0.5, 0.6) is 0 Å². The van der Waals surface area contributed by atoms with E-state index >= 15 is 0 Å². The third-order valence-electron chi connectivity index (χ3n) is 3.38. The molecule has 0 heterocycles. The van der Waals surface area contributed by atoms with E-state index in [-0.39, 0.29) is 5.41 Å². The van der Waals surface area contributed by atoms with E-state index in [9.17, 15) is 13.2 Å². The van der Waals surface area contributed by atoms with Crippen molar-refractivity contribution in [2.75, 3.05) is 0 Å². The van der Waals surface area contributed by atoms with Gasteiger partial charge in [0, 0.05) is 5.54 Å². The first-order chi connectivity index (χ1) is 7.62. The molecule has 1 nitrogen and oxygen atoms in total. The zero-order chi connectivity index (χ0) is 12.9. The standard InChI is InChI=1S/C13H16F3N/c1-11(2)7-12(17,8-11)9-3-5-10(6-4-9)13(14,15)16/h3-6H,7-8,17H2,1-2H3. The first kappa shape index (κ1) is 12.4. The molecule has 0 aromatic heterocycles. The van der Waals surface area contributed by atoms with Gasteiger partial charge < -0.3 is 5.73 Å². The van der Waals surface area contributed by atoms with Gasteiger partial charge in [-0.25, -0.2) is 0 Å². The molecule has 1 saturated carbocycles. The van der Waals surface area contributed by atoms with Crippen LogP contribution >= 0.6 is 0 Å². The zero-order valence-electron chi connectivity index (χ0n) is 9.93. The van der Waals surface area contributed by atoms with E-state index in [1.54, 1.807) is 0 Å². The highest BCUT2D eigenvalue weighted by Gasteiger charge is 2.47.